The minimum Gasteiger partial charge on any atom is -0.314 e. The van der Waals surface area contributed by atoms with Crippen LogP contribution in [-0.2, 0) is 6.54 Å². The van der Waals surface area contributed by atoms with Gasteiger partial charge in [-0.3, -0.25) is 4.90 Å². The highest BCUT2D eigenvalue weighted by molar-refractivity contribution is 5.66. The van der Waals surface area contributed by atoms with Gasteiger partial charge in [-0.1, -0.05) is 17.7 Å². The second kappa shape index (κ2) is 7.90. The average molecular weight is 378 g/mol. The molecule has 146 valence electrons. The van der Waals surface area contributed by atoms with Gasteiger partial charge >= 0.3 is 0 Å². The van der Waals surface area contributed by atoms with E-state index in [0.29, 0.717) is 0 Å². The number of rotatable bonds is 4. The average Bonchev–Trinajstić information content (AvgIpc) is 3.01. The summed E-state index contributed by atoms with van der Waals surface area (Å²) in [6.07, 6.45) is 0. The predicted molar refractivity (Wildman–Crippen MR) is 113 cm³/mol. The van der Waals surface area contributed by atoms with E-state index in [1.165, 1.54) is 29.0 Å². The van der Waals surface area contributed by atoms with Gasteiger partial charge in [0.15, 0.2) is 0 Å². The predicted octanol–water partition coefficient (Wildman–Crippen LogP) is 4.65. The zero-order valence-electron chi connectivity index (χ0n) is 17.0. The summed E-state index contributed by atoms with van der Waals surface area (Å²) >= 11 is 0. The molecule has 4 heteroatoms. The van der Waals surface area contributed by atoms with Crippen molar-refractivity contribution in [2.45, 2.75) is 20.4 Å². The number of likely N-dealkylation sites (N-methyl/N-ethyl adjacent to an activating group) is 1. The van der Waals surface area contributed by atoms with E-state index in [1.54, 1.807) is 0 Å². The molecule has 0 bridgehead atoms. The quantitative estimate of drug-likeness (QED) is 0.656. The number of nitrogens with zero attached hydrogens (tertiary/aromatic N) is 3. The summed E-state index contributed by atoms with van der Waals surface area (Å²) in [6, 6.07) is 17.7. The third-order valence-electron chi connectivity index (χ3n) is 5.77. The van der Waals surface area contributed by atoms with E-state index in [2.05, 4.69) is 65.6 Å². The van der Waals surface area contributed by atoms with Crippen LogP contribution in [0, 0.1) is 19.7 Å². The van der Waals surface area contributed by atoms with E-state index < -0.39 is 0 Å². The molecule has 1 fully saturated rings. The lowest BCUT2D eigenvalue weighted by molar-refractivity contribution is 0.148. The van der Waals surface area contributed by atoms with Crippen LogP contribution in [0.4, 0.5) is 4.39 Å². The molecule has 0 atom stereocenters. The number of halogens is 1. The first kappa shape index (κ1) is 18.9. The summed E-state index contributed by atoms with van der Waals surface area (Å²) in [5, 5.41) is 0. The molecule has 4 rings (SSSR count). The molecule has 3 nitrogen and oxygen atoms in total. The van der Waals surface area contributed by atoms with Gasteiger partial charge in [-0.2, -0.15) is 0 Å². The molecule has 0 saturated carbocycles. The van der Waals surface area contributed by atoms with Crippen molar-refractivity contribution in [2.75, 3.05) is 33.2 Å². The van der Waals surface area contributed by atoms with E-state index in [4.69, 9.17) is 0 Å². The summed E-state index contributed by atoms with van der Waals surface area (Å²) in [4.78, 5) is 4.90. The van der Waals surface area contributed by atoms with Gasteiger partial charge in [0.1, 0.15) is 5.82 Å². The molecule has 2 heterocycles. The van der Waals surface area contributed by atoms with Crippen molar-refractivity contribution < 1.29 is 4.39 Å². The van der Waals surface area contributed by atoms with Crippen LogP contribution < -0.4 is 0 Å². The Morgan fingerprint density at radius 1 is 0.857 bits per heavy atom. The van der Waals surface area contributed by atoms with E-state index >= 15 is 0 Å². The first-order valence-corrected chi connectivity index (χ1v) is 9.96. The monoisotopic (exact) mass is 377 g/mol. The fourth-order valence-electron chi connectivity index (χ4n) is 3.92. The van der Waals surface area contributed by atoms with Gasteiger partial charge in [0, 0.05) is 44.1 Å². The lowest BCUT2D eigenvalue weighted by Gasteiger charge is -2.32. The second-order valence-electron chi connectivity index (χ2n) is 7.90. The molecule has 0 unspecified atom stereocenters. The van der Waals surface area contributed by atoms with Crippen molar-refractivity contribution in [2.24, 2.45) is 0 Å². The zero-order valence-corrected chi connectivity index (χ0v) is 17.0. The van der Waals surface area contributed by atoms with Gasteiger partial charge in [-0.25, -0.2) is 4.39 Å². The summed E-state index contributed by atoms with van der Waals surface area (Å²) in [5.41, 5.74) is 7.13. The van der Waals surface area contributed by atoms with Crippen molar-refractivity contribution >= 4 is 0 Å². The molecule has 0 aliphatic carbocycles. The van der Waals surface area contributed by atoms with Gasteiger partial charge in [0.25, 0.3) is 0 Å². The highest BCUT2D eigenvalue weighted by Crippen LogP contribution is 2.30. The van der Waals surface area contributed by atoms with E-state index in [9.17, 15) is 4.39 Å². The Balaban J connectivity index is 1.75. The normalized spacial score (nSPS) is 15.9. The first-order chi connectivity index (χ1) is 13.5. The minimum atomic E-state index is -0.202. The molecule has 0 radical (unpaired) electrons. The number of piperazine rings is 1. The van der Waals surface area contributed by atoms with Crippen LogP contribution in [0.3, 0.4) is 0 Å². The van der Waals surface area contributed by atoms with Gasteiger partial charge in [-0.05, 0) is 74.5 Å². The highest BCUT2D eigenvalue weighted by atomic mass is 19.1. The Morgan fingerprint density at radius 2 is 1.50 bits per heavy atom. The Labute approximate surface area is 167 Å². The van der Waals surface area contributed by atoms with Gasteiger partial charge in [0.05, 0.1) is 5.69 Å². The Hall–Kier alpha value is -2.43. The van der Waals surface area contributed by atoms with E-state index in [0.717, 1.165) is 49.7 Å². The van der Waals surface area contributed by atoms with Crippen LogP contribution >= 0.6 is 0 Å². The molecule has 2 aromatic carbocycles. The van der Waals surface area contributed by atoms with Gasteiger partial charge < -0.3 is 9.47 Å². The first-order valence-electron chi connectivity index (χ1n) is 9.96. The molecule has 0 spiro atoms. The van der Waals surface area contributed by atoms with Crippen LogP contribution in [0.1, 0.15) is 16.8 Å². The third kappa shape index (κ3) is 3.89. The van der Waals surface area contributed by atoms with Crippen LogP contribution in [0.25, 0.3) is 16.9 Å². The maximum absolute atomic E-state index is 13.5. The lowest BCUT2D eigenvalue weighted by Crippen LogP contribution is -2.43. The Bertz CT molecular complexity index is 933. The van der Waals surface area contributed by atoms with Crippen molar-refractivity contribution in [1.29, 1.82) is 0 Å². The summed E-state index contributed by atoms with van der Waals surface area (Å²) in [7, 11) is 2.18. The molecule has 1 saturated heterocycles. The van der Waals surface area contributed by atoms with Crippen molar-refractivity contribution in [3.8, 4) is 16.9 Å². The fraction of sp³-hybridized carbons (Fsp3) is 0.333. The van der Waals surface area contributed by atoms with E-state index in [1.807, 2.05) is 12.1 Å². The molecular weight excluding hydrogens is 349 g/mol. The fourth-order valence-corrected chi connectivity index (χ4v) is 3.92. The molecule has 0 N–H and O–H groups in total. The van der Waals surface area contributed by atoms with Gasteiger partial charge in [0.2, 0.25) is 0 Å². The SMILES string of the molecule is Cc1ccc(-n2c(-c3ccc(F)cc3)cc(CN3CCN(C)CC3)c2C)cc1. The molecule has 1 aliphatic rings. The third-order valence-corrected chi connectivity index (χ3v) is 5.77. The summed E-state index contributed by atoms with van der Waals surface area (Å²) < 4.78 is 15.8. The molecule has 1 aliphatic heterocycles. The number of aromatic nitrogens is 1. The molecule has 3 aromatic rings. The smallest absolute Gasteiger partial charge is 0.123 e. The summed E-state index contributed by atoms with van der Waals surface area (Å²) in [5.74, 6) is -0.202. The van der Waals surface area contributed by atoms with Gasteiger partial charge in [-0.15, -0.1) is 0 Å². The zero-order chi connectivity index (χ0) is 19.7. The molecule has 28 heavy (non-hydrogen) atoms. The number of benzene rings is 2. The van der Waals surface area contributed by atoms with Crippen LogP contribution in [0.15, 0.2) is 54.6 Å². The maximum Gasteiger partial charge on any atom is 0.123 e. The maximum atomic E-state index is 13.5. The lowest BCUT2D eigenvalue weighted by atomic mass is 10.1. The Kier molecular flexibility index (Phi) is 5.33. The summed E-state index contributed by atoms with van der Waals surface area (Å²) in [6.45, 7) is 9.66. The number of aryl methyl sites for hydroxylation is 1. The minimum absolute atomic E-state index is 0.202. The highest BCUT2D eigenvalue weighted by Gasteiger charge is 2.19. The van der Waals surface area contributed by atoms with Crippen molar-refractivity contribution in [3.63, 3.8) is 0 Å². The van der Waals surface area contributed by atoms with Crippen LogP contribution in [-0.4, -0.2) is 47.6 Å². The number of hydrogen-bond donors (Lipinski definition) is 0. The number of hydrogen-bond acceptors (Lipinski definition) is 2. The van der Waals surface area contributed by atoms with E-state index in [-0.39, 0.29) is 5.82 Å². The topological polar surface area (TPSA) is 11.4 Å². The second-order valence-corrected chi connectivity index (χ2v) is 7.90. The van der Waals surface area contributed by atoms with Crippen molar-refractivity contribution in [1.82, 2.24) is 14.4 Å². The largest absolute Gasteiger partial charge is 0.314 e. The van der Waals surface area contributed by atoms with Crippen molar-refractivity contribution in [3.05, 3.63) is 77.2 Å². The molecular formula is C24H28FN3. The standard InChI is InChI=1S/C24H28FN3/c1-18-4-10-23(11-5-18)28-19(2)21(17-27-14-12-26(3)13-15-27)16-24(28)20-6-8-22(25)9-7-20/h4-11,16H,12-15,17H2,1-3H3. The molecule has 1 aromatic heterocycles. The molecule has 0 amide bonds. The Morgan fingerprint density at radius 3 is 2.14 bits per heavy atom. The van der Waals surface area contributed by atoms with Crippen LogP contribution in [0.5, 0.6) is 0 Å². The van der Waals surface area contributed by atoms with Crippen LogP contribution in [0.2, 0.25) is 0 Å².